The normalized spacial score (nSPS) is 11.9. The van der Waals surface area contributed by atoms with Crippen LogP contribution in [0.15, 0.2) is 5.38 Å². The molecule has 5 nitrogen and oxygen atoms in total. The van der Waals surface area contributed by atoms with E-state index in [0.29, 0.717) is 31.6 Å². The first-order valence-electron chi connectivity index (χ1n) is 6.50. The zero-order valence-electron chi connectivity index (χ0n) is 11.7. The number of amides is 1. The summed E-state index contributed by atoms with van der Waals surface area (Å²) < 4.78 is 36.3. The van der Waals surface area contributed by atoms with Gasteiger partial charge in [-0.2, -0.15) is 13.2 Å². The molecule has 9 heteroatoms. The summed E-state index contributed by atoms with van der Waals surface area (Å²) in [6.45, 7) is 0.0929. The van der Waals surface area contributed by atoms with Crippen molar-refractivity contribution in [2.45, 2.75) is 19.0 Å². The molecular formula is C12H19F3N4OS. The third kappa shape index (κ3) is 7.39. The van der Waals surface area contributed by atoms with Crippen LogP contribution in [-0.2, 0) is 6.42 Å². The summed E-state index contributed by atoms with van der Waals surface area (Å²) in [5, 5.41) is 5.09. The number of carbonyl (C=O) groups excluding carboxylic acids is 1. The highest BCUT2D eigenvalue weighted by atomic mass is 32.1. The van der Waals surface area contributed by atoms with Gasteiger partial charge in [0.2, 0.25) is 0 Å². The van der Waals surface area contributed by atoms with Gasteiger partial charge in [0.05, 0.1) is 11.6 Å². The van der Waals surface area contributed by atoms with E-state index < -0.39 is 12.7 Å². The molecule has 1 aromatic rings. The molecule has 0 aliphatic rings. The van der Waals surface area contributed by atoms with E-state index in [0.717, 1.165) is 5.01 Å². The molecule has 3 N–H and O–H groups in total. The minimum Gasteiger partial charge on any atom is -0.351 e. The van der Waals surface area contributed by atoms with Gasteiger partial charge in [-0.15, -0.1) is 11.3 Å². The molecular weight excluding hydrogens is 305 g/mol. The van der Waals surface area contributed by atoms with E-state index in [1.807, 2.05) is 0 Å². The largest absolute Gasteiger partial charge is 0.401 e. The van der Waals surface area contributed by atoms with Crippen molar-refractivity contribution in [1.82, 2.24) is 15.2 Å². The van der Waals surface area contributed by atoms with Gasteiger partial charge in [0, 0.05) is 18.3 Å². The second-order valence-corrected chi connectivity index (χ2v) is 5.57. The Labute approximate surface area is 125 Å². The molecule has 1 heterocycles. The lowest BCUT2D eigenvalue weighted by Crippen LogP contribution is -2.33. The van der Waals surface area contributed by atoms with Crippen LogP contribution in [0.2, 0.25) is 0 Å². The molecule has 0 aromatic carbocycles. The Morgan fingerprint density at radius 2 is 2.24 bits per heavy atom. The number of hydrogen-bond acceptors (Lipinski definition) is 5. The van der Waals surface area contributed by atoms with Crippen LogP contribution in [0, 0.1) is 0 Å². The van der Waals surface area contributed by atoms with E-state index in [-0.39, 0.29) is 12.5 Å². The number of thiazole rings is 1. The summed E-state index contributed by atoms with van der Waals surface area (Å²) in [4.78, 5) is 17.0. The number of carbonyl (C=O) groups is 1. The van der Waals surface area contributed by atoms with Gasteiger partial charge in [-0.3, -0.25) is 9.69 Å². The van der Waals surface area contributed by atoms with Gasteiger partial charge in [0.1, 0.15) is 5.69 Å². The van der Waals surface area contributed by atoms with Crippen molar-refractivity contribution in [2.75, 3.05) is 33.2 Å². The SMILES string of the molecule is CN(CCCNC(=O)c1csc(CCN)n1)CC(F)(F)F. The molecule has 0 unspecified atom stereocenters. The highest BCUT2D eigenvalue weighted by Gasteiger charge is 2.28. The lowest BCUT2D eigenvalue weighted by Gasteiger charge is -2.18. The monoisotopic (exact) mass is 324 g/mol. The molecule has 0 saturated heterocycles. The van der Waals surface area contributed by atoms with Crippen LogP contribution < -0.4 is 11.1 Å². The summed E-state index contributed by atoms with van der Waals surface area (Å²) in [7, 11) is 1.40. The first-order chi connectivity index (χ1) is 9.81. The van der Waals surface area contributed by atoms with Crippen molar-refractivity contribution in [3.05, 3.63) is 16.1 Å². The first kappa shape index (κ1) is 17.9. The molecule has 0 aliphatic carbocycles. The molecule has 21 heavy (non-hydrogen) atoms. The summed E-state index contributed by atoms with van der Waals surface area (Å²) in [6.07, 6.45) is -3.13. The van der Waals surface area contributed by atoms with Gasteiger partial charge < -0.3 is 11.1 Å². The number of nitrogens with one attached hydrogen (secondary N) is 1. The van der Waals surface area contributed by atoms with Crippen molar-refractivity contribution >= 4 is 17.2 Å². The standard InChI is InChI=1S/C12H19F3N4OS/c1-19(8-12(13,14)15)6-2-5-17-11(20)9-7-21-10(18-9)3-4-16/h7H,2-6,8,16H2,1H3,(H,17,20). The lowest BCUT2D eigenvalue weighted by atomic mass is 10.3. The van der Waals surface area contributed by atoms with Crippen LogP contribution in [0.3, 0.4) is 0 Å². The molecule has 1 aromatic heterocycles. The Morgan fingerprint density at radius 3 is 2.86 bits per heavy atom. The zero-order chi connectivity index (χ0) is 15.9. The molecule has 0 fully saturated rings. The van der Waals surface area contributed by atoms with Crippen LogP contribution in [0.1, 0.15) is 21.9 Å². The van der Waals surface area contributed by atoms with E-state index in [1.54, 1.807) is 5.38 Å². The minimum absolute atomic E-state index is 0.259. The molecule has 0 saturated carbocycles. The number of aromatic nitrogens is 1. The van der Waals surface area contributed by atoms with E-state index in [4.69, 9.17) is 5.73 Å². The number of nitrogens with zero attached hydrogens (tertiary/aromatic N) is 2. The number of halogens is 3. The maximum atomic E-state index is 12.1. The van der Waals surface area contributed by atoms with E-state index in [9.17, 15) is 18.0 Å². The summed E-state index contributed by atoms with van der Waals surface area (Å²) >= 11 is 1.37. The average molecular weight is 324 g/mol. The highest BCUT2D eigenvalue weighted by Crippen LogP contribution is 2.15. The predicted molar refractivity (Wildman–Crippen MR) is 75.4 cm³/mol. The van der Waals surface area contributed by atoms with Crippen molar-refractivity contribution in [1.29, 1.82) is 0 Å². The second-order valence-electron chi connectivity index (χ2n) is 4.63. The second kappa shape index (κ2) is 8.30. The van der Waals surface area contributed by atoms with Gasteiger partial charge in [0.25, 0.3) is 5.91 Å². The number of rotatable bonds is 8. The molecule has 0 bridgehead atoms. The number of nitrogens with two attached hydrogens (primary N) is 1. The lowest BCUT2D eigenvalue weighted by molar-refractivity contribution is -0.143. The number of hydrogen-bond donors (Lipinski definition) is 2. The fourth-order valence-corrected chi connectivity index (χ4v) is 2.47. The fourth-order valence-electron chi connectivity index (χ4n) is 1.68. The molecule has 0 radical (unpaired) electrons. The van der Waals surface area contributed by atoms with E-state index in [2.05, 4.69) is 10.3 Å². The molecule has 0 aliphatic heterocycles. The Kier molecular flexibility index (Phi) is 7.06. The molecule has 0 atom stereocenters. The maximum Gasteiger partial charge on any atom is 0.401 e. The van der Waals surface area contributed by atoms with Gasteiger partial charge in [-0.25, -0.2) is 4.98 Å². The van der Waals surface area contributed by atoms with Gasteiger partial charge in [-0.1, -0.05) is 0 Å². The summed E-state index contributed by atoms with van der Waals surface area (Å²) in [6, 6.07) is 0. The summed E-state index contributed by atoms with van der Waals surface area (Å²) in [5.41, 5.74) is 5.72. The molecule has 120 valence electrons. The summed E-state index contributed by atoms with van der Waals surface area (Å²) in [5.74, 6) is -0.312. The Morgan fingerprint density at radius 1 is 1.52 bits per heavy atom. The number of alkyl halides is 3. The van der Waals surface area contributed by atoms with Crippen LogP contribution in [0.25, 0.3) is 0 Å². The van der Waals surface area contributed by atoms with Crippen molar-refractivity contribution in [3.8, 4) is 0 Å². The third-order valence-electron chi connectivity index (χ3n) is 2.59. The maximum absolute atomic E-state index is 12.1. The smallest absolute Gasteiger partial charge is 0.351 e. The van der Waals surface area contributed by atoms with Crippen molar-refractivity contribution in [2.24, 2.45) is 5.73 Å². The average Bonchev–Trinajstić information content (AvgIpc) is 2.81. The fraction of sp³-hybridized carbons (Fsp3) is 0.667. The van der Waals surface area contributed by atoms with E-state index in [1.165, 1.54) is 23.3 Å². The zero-order valence-corrected chi connectivity index (χ0v) is 12.6. The van der Waals surface area contributed by atoms with Crippen LogP contribution in [0.5, 0.6) is 0 Å². The van der Waals surface area contributed by atoms with Crippen molar-refractivity contribution in [3.63, 3.8) is 0 Å². The molecule has 1 rings (SSSR count). The Balaban J connectivity index is 2.24. The Bertz CT molecular complexity index is 450. The first-order valence-corrected chi connectivity index (χ1v) is 7.38. The Hall–Kier alpha value is -1.19. The minimum atomic E-state index is -4.20. The van der Waals surface area contributed by atoms with Crippen molar-refractivity contribution < 1.29 is 18.0 Å². The molecule has 1 amide bonds. The van der Waals surface area contributed by atoms with Gasteiger partial charge in [-0.05, 0) is 26.6 Å². The predicted octanol–water partition coefficient (Wildman–Crippen LogP) is 1.26. The van der Waals surface area contributed by atoms with Gasteiger partial charge in [0.15, 0.2) is 0 Å². The van der Waals surface area contributed by atoms with Gasteiger partial charge >= 0.3 is 6.18 Å². The quantitative estimate of drug-likeness (QED) is 0.706. The van der Waals surface area contributed by atoms with Crippen LogP contribution in [0.4, 0.5) is 13.2 Å². The highest BCUT2D eigenvalue weighted by molar-refractivity contribution is 7.09. The van der Waals surface area contributed by atoms with Crippen LogP contribution >= 0.6 is 11.3 Å². The molecule has 0 spiro atoms. The topological polar surface area (TPSA) is 71.2 Å². The van der Waals surface area contributed by atoms with E-state index >= 15 is 0 Å². The van der Waals surface area contributed by atoms with Crippen LogP contribution in [-0.4, -0.2) is 55.2 Å². The third-order valence-corrected chi connectivity index (χ3v) is 3.50.